The maximum atomic E-state index is 12.1. The Hall–Kier alpha value is -1.01. The third kappa shape index (κ3) is 2.97. The van der Waals surface area contributed by atoms with Gasteiger partial charge in [0.2, 0.25) is 0 Å². The standard InChI is InChI=1S/C8H10ClF2N3O/c1-14(2-6(10)11)8-5(3-15)7(9)12-4-13-8/h4,6,15H,2-3H2,1H3. The minimum Gasteiger partial charge on any atom is -0.391 e. The molecule has 0 spiro atoms. The van der Waals surface area contributed by atoms with Crippen LogP contribution in [0.15, 0.2) is 6.33 Å². The van der Waals surface area contributed by atoms with Crippen LogP contribution in [0.5, 0.6) is 0 Å². The number of halogens is 3. The van der Waals surface area contributed by atoms with Crippen molar-refractivity contribution in [2.24, 2.45) is 0 Å². The van der Waals surface area contributed by atoms with Gasteiger partial charge in [-0.25, -0.2) is 18.7 Å². The highest BCUT2D eigenvalue weighted by atomic mass is 35.5. The normalized spacial score (nSPS) is 10.8. The van der Waals surface area contributed by atoms with Crippen LogP contribution in [0.1, 0.15) is 5.56 Å². The molecule has 0 unspecified atom stereocenters. The van der Waals surface area contributed by atoms with E-state index in [4.69, 9.17) is 16.7 Å². The molecule has 0 saturated carbocycles. The van der Waals surface area contributed by atoms with Gasteiger partial charge in [0, 0.05) is 7.05 Å². The molecule has 7 heteroatoms. The number of alkyl halides is 2. The topological polar surface area (TPSA) is 49.2 Å². The first-order valence-electron chi connectivity index (χ1n) is 4.15. The maximum Gasteiger partial charge on any atom is 0.255 e. The Morgan fingerprint density at radius 3 is 2.73 bits per heavy atom. The first-order valence-corrected chi connectivity index (χ1v) is 4.53. The fraction of sp³-hybridized carbons (Fsp3) is 0.500. The second-order valence-corrected chi connectivity index (χ2v) is 3.25. The Morgan fingerprint density at radius 1 is 1.53 bits per heavy atom. The van der Waals surface area contributed by atoms with Gasteiger partial charge in [-0.05, 0) is 0 Å². The highest BCUT2D eigenvalue weighted by Crippen LogP contribution is 2.22. The van der Waals surface area contributed by atoms with E-state index in [2.05, 4.69) is 9.97 Å². The van der Waals surface area contributed by atoms with Gasteiger partial charge >= 0.3 is 0 Å². The summed E-state index contributed by atoms with van der Waals surface area (Å²) in [5.74, 6) is 0.220. The van der Waals surface area contributed by atoms with Crippen LogP contribution in [0.25, 0.3) is 0 Å². The smallest absolute Gasteiger partial charge is 0.255 e. The zero-order valence-electron chi connectivity index (χ0n) is 7.99. The Morgan fingerprint density at radius 2 is 2.20 bits per heavy atom. The van der Waals surface area contributed by atoms with Gasteiger partial charge < -0.3 is 10.0 Å². The largest absolute Gasteiger partial charge is 0.391 e. The summed E-state index contributed by atoms with van der Waals surface area (Å²) in [6.45, 7) is -0.858. The van der Waals surface area contributed by atoms with Crippen molar-refractivity contribution < 1.29 is 13.9 Å². The number of aliphatic hydroxyl groups excluding tert-OH is 1. The molecule has 0 aromatic carbocycles. The molecule has 84 valence electrons. The second-order valence-electron chi connectivity index (χ2n) is 2.90. The minimum atomic E-state index is -2.48. The molecule has 0 bridgehead atoms. The van der Waals surface area contributed by atoms with Crippen molar-refractivity contribution in [3.8, 4) is 0 Å². The summed E-state index contributed by atoms with van der Waals surface area (Å²) >= 11 is 5.68. The molecule has 0 radical (unpaired) electrons. The monoisotopic (exact) mass is 237 g/mol. The predicted octanol–water partition coefficient (Wildman–Crippen LogP) is 1.32. The van der Waals surface area contributed by atoms with E-state index in [0.29, 0.717) is 0 Å². The van der Waals surface area contributed by atoms with Crippen molar-refractivity contribution in [3.63, 3.8) is 0 Å². The van der Waals surface area contributed by atoms with Crippen LogP contribution in [0.2, 0.25) is 5.15 Å². The highest BCUT2D eigenvalue weighted by molar-refractivity contribution is 6.30. The average molecular weight is 238 g/mol. The summed E-state index contributed by atoms with van der Waals surface area (Å²) < 4.78 is 24.3. The van der Waals surface area contributed by atoms with E-state index in [-0.39, 0.29) is 23.1 Å². The van der Waals surface area contributed by atoms with Crippen LogP contribution in [-0.4, -0.2) is 35.1 Å². The lowest BCUT2D eigenvalue weighted by atomic mass is 10.3. The molecule has 1 N–H and O–H groups in total. The molecule has 4 nitrogen and oxygen atoms in total. The van der Waals surface area contributed by atoms with E-state index in [1.54, 1.807) is 0 Å². The summed E-state index contributed by atoms with van der Waals surface area (Å²) in [6.07, 6.45) is -1.31. The van der Waals surface area contributed by atoms with Crippen LogP contribution >= 0.6 is 11.6 Å². The lowest BCUT2D eigenvalue weighted by Crippen LogP contribution is -2.26. The Bertz CT molecular complexity index is 338. The summed E-state index contributed by atoms with van der Waals surface area (Å²) in [7, 11) is 1.45. The summed E-state index contributed by atoms with van der Waals surface area (Å²) in [6, 6.07) is 0. The van der Waals surface area contributed by atoms with Crippen molar-refractivity contribution in [3.05, 3.63) is 17.0 Å². The van der Waals surface area contributed by atoms with Crippen molar-refractivity contribution in [2.75, 3.05) is 18.5 Å². The van der Waals surface area contributed by atoms with Gasteiger partial charge in [0.05, 0.1) is 18.7 Å². The molecule has 1 aromatic heterocycles. The van der Waals surface area contributed by atoms with E-state index < -0.39 is 13.0 Å². The molecule has 0 atom stereocenters. The molecule has 1 rings (SSSR count). The number of aromatic nitrogens is 2. The quantitative estimate of drug-likeness (QED) is 0.803. The summed E-state index contributed by atoms with van der Waals surface area (Å²) in [5.41, 5.74) is 0.252. The lowest BCUT2D eigenvalue weighted by Gasteiger charge is -2.19. The second kappa shape index (κ2) is 5.18. The number of rotatable bonds is 4. The summed E-state index contributed by atoms with van der Waals surface area (Å²) in [5, 5.41) is 9.08. The third-order valence-electron chi connectivity index (χ3n) is 1.80. The van der Waals surface area contributed by atoms with Crippen LogP contribution in [0, 0.1) is 0 Å². The van der Waals surface area contributed by atoms with Gasteiger partial charge in [-0.15, -0.1) is 0 Å². The Labute approximate surface area is 90.5 Å². The maximum absolute atomic E-state index is 12.1. The van der Waals surface area contributed by atoms with E-state index in [1.165, 1.54) is 18.3 Å². The molecule has 1 heterocycles. The Balaban J connectivity index is 2.97. The molecular weight excluding hydrogens is 228 g/mol. The van der Waals surface area contributed by atoms with Crippen LogP contribution < -0.4 is 4.90 Å². The predicted molar refractivity (Wildman–Crippen MR) is 52.2 cm³/mol. The molecule has 0 fully saturated rings. The molecule has 0 aliphatic rings. The van der Waals surface area contributed by atoms with Gasteiger partial charge in [-0.1, -0.05) is 11.6 Å². The number of nitrogens with zero attached hydrogens (tertiary/aromatic N) is 3. The van der Waals surface area contributed by atoms with Gasteiger partial charge in [-0.3, -0.25) is 0 Å². The molecular formula is C8H10ClF2N3O. The molecule has 0 aliphatic heterocycles. The van der Waals surface area contributed by atoms with Crippen molar-refractivity contribution in [1.82, 2.24) is 9.97 Å². The van der Waals surface area contributed by atoms with E-state index in [9.17, 15) is 8.78 Å². The zero-order chi connectivity index (χ0) is 11.4. The van der Waals surface area contributed by atoms with E-state index in [0.717, 1.165) is 0 Å². The fourth-order valence-corrected chi connectivity index (χ4v) is 1.33. The number of anilines is 1. The van der Waals surface area contributed by atoms with E-state index >= 15 is 0 Å². The summed E-state index contributed by atoms with van der Waals surface area (Å²) in [4.78, 5) is 8.68. The van der Waals surface area contributed by atoms with Gasteiger partial charge in [0.25, 0.3) is 6.43 Å². The molecule has 0 aliphatic carbocycles. The van der Waals surface area contributed by atoms with Crippen molar-refractivity contribution in [1.29, 1.82) is 0 Å². The van der Waals surface area contributed by atoms with Crippen LogP contribution in [0.3, 0.4) is 0 Å². The molecule has 1 aromatic rings. The van der Waals surface area contributed by atoms with Gasteiger partial charge in [-0.2, -0.15) is 0 Å². The fourth-order valence-electron chi connectivity index (χ4n) is 1.14. The first kappa shape index (κ1) is 12.1. The molecule has 15 heavy (non-hydrogen) atoms. The number of hydrogen-bond donors (Lipinski definition) is 1. The minimum absolute atomic E-state index is 0.0728. The SMILES string of the molecule is CN(CC(F)F)c1ncnc(Cl)c1CO. The third-order valence-corrected chi connectivity index (χ3v) is 2.13. The Kier molecular flexibility index (Phi) is 4.16. The van der Waals surface area contributed by atoms with Gasteiger partial charge in [0.15, 0.2) is 0 Å². The van der Waals surface area contributed by atoms with E-state index in [1.807, 2.05) is 0 Å². The molecule has 0 saturated heterocycles. The van der Waals surface area contributed by atoms with Crippen molar-refractivity contribution >= 4 is 17.4 Å². The van der Waals surface area contributed by atoms with Crippen molar-refractivity contribution in [2.45, 2.75) is 13.0 Å². The number of hydrogen-bond acceptors (Lipinski definition) is 4. The first-order chi connectivity index (χ1) is 7.06. The lowest BCUT2D eigenvalue weighted by molar-refractivity contribution is 0.156. The molecule has 0 amide bonds. The van der Waals surface area contributed by atoms with Crippen LogP contribution in [0.4, 0.5) is 14.6 Å². The average Bonchev–Trinajstić information content (AvgIpc) is 2.16. The zero-order valence-corrected chi connectivity index (χ0v) is 8.75. The van der Waals surface area contributed by atoms with Crippen LogP contribution in [-0.2, 0) is 6.61 Å². The van der Waals surface area contributed by atoms with Gasteiger partial charge in [0.1, 0.15) is 17.3 Å². The highest BCUT2D eigenvalue weighted by Gasteiger charge is 2.15. The number of aliphatic hydroxyl groups is 1.